The Morgan fingerprint density at radius 3 is 2.53 bits per heavy atom. The van der Waals surface area contributed by atoms with Gasteiger partial charge < -0.3 is 5.32 Å². The summed E-state index contributed by atoms with van der Waals surface area (Å²) in [6.45, 7) is 10.1. The summed E-state index contributed by atoms with van der Waals surface area (Å²) in [5, 5.41) is 4.41. The van der Waals surface area contributed by atoms with Crippen molar-refractivity contribution in [2.45, 2.75) is 53.0 Å². The molecule has 108 valence electrons. The van der Waals surface area contributed by atoms with Crippen LogP contribution >= 0.6 is 27.5 Å². The number of rotatable bonds is 6. The van der Waals surface area contributed by atoms with Crippen LogP contribution in [0.2, 0.25) is 5.02 Å². The van der Waals surface area contributed by atoms with E-state index in [1.807, 2.05) is 6.07 Å². The quantitative estimate of drug-likeness (QED) is 0.669. The maximum atomic E-state index is 6.07. The Morgan fingerprint density at radius 2 is 2.00 bits per heavy atom. The van der Waals surface area contributed by atoms with Crippen molar-refractivity contribution in [3.63, 3.8) is 0 Å². The maximum absolute atomic E-state index is 6.07. The van der Waals surface area contributed by atoms with Gasteiger partial charge in [0.05, 0.1) is 5.02 Å². The van der Waals surface area contributed by atoms with Gasteiger partial charge in [0.15, 0.2) is 0 Å². The summed E-state index contributed by atoms with van der Waals surface area (Å²) >= 11 is 9.59. The Bertz CT molecular complexity index is 398. The van der Waals surface area contributed by atoms with Crippen molar-refractivity contribution in [1.82, 2.24) is 5.32 Å². The summed E-state index contributed by atoms with van der Waals surface area (Å²) in [5.41, 5.74) is 1.68. The van der Waals surface area contributed by atoms with Crippen LogP contribution in [-0.2, 0) is 0 Å². The zero-order valence-corrected chi connectivity index (χ0v) is 14.7. The molecule has 0 aliphatic rings. The fourth-order valence-electron chi connectivity index (χ4n) is 2.01. The van der Waals surface area contributed by atoms with Gasteiger partial charge in [-0.1, -0.05) is 45.4 Å². The molecule has 19 heavy (non-hydrogen) atoms. The van der Waals surface area contributed by atoms with E-state index in [0.29, 0.717) is 11.5 Å². The highest BCUT2D eigenvalue weighted by Crippen LogP contribution is 2.31. The molecule has 0 spiro atoms. The van der Waals surface area contributed by atoms with Crippen LogP contribution < -0.4 is 5.32 Å². The first-order valence-electron chi connectivity index (χ1n) is 7.02. The van der Waals surface area contributed by atoms with Crippen molar-refractivity contribution >= 4 is 27.5 Å². The fourth-order valence-corrected chi connectivity index (χ4v) is 2.53. The Balaban J connectivity index is 2.79. The van der Waals surface area contributed by atoms with Crippen LogP contribution in [0.4, 0.5) is 0 Å². The SMILES string of the molecule is CCCNC(CCC(C)(C)C)c1ccc(Cl)c(Br)c1. The number of halogens is 2. The molecule has 1 N–H and O–H groups in total. The predicted octanol–water partition coefficient (Wildman–Crippen LogP) is 5.97. The molecule has 0 saturated heterocycles. The average Bonchev–Trinajstić information content (AvgIpc) is 2.32. The van der Waals surface area contributed by atoms with E-state index in [4.69, 9.17) is 11.6 Å². The van der Waals surface area contributed by atoms with Crippen LogP contribution in [-0.4, -0.2) is 6.54 Å². The molecule has 0 aliphatic heterocycles. The van der Waals surface area contributed by atoms with Crippen molar-refractivity contribution in [2.75, 3.05) is 6.54 Å². The van der Waals surface area contributed by atoms with Crippen LogP contribution in [0.15, 0.2) is 22.7 Å². The van der Waals surface area contributed by atoms with Gasteiger partial charge in [-0.2, -0.15) is 0 Å². The molecule has 0 radical (unpaired) electrons. The maximum Gasteiger partial charge on any atom is 0.0548 e. The lowest BCUT2D eigenvalue weighted by molar-refractivity contribution is 0.332. The monoisotopic (exact) mass is 345 g/mol. The lowest BCUT2D eigenvalue weighted by Gasteiger charge is -2.24. The smallest absolute Gasteiger partial charge is 0.0548 e. The van der Waals surface area contributed by atoms with Gasteiger partial charge in [-0.3, -0.25) is 0 Å². The van der Waals surface area contributed by atoms with Crippen molar-refractivity contribution in [3.05, 3.63) is 33.3 Å². The van der Waals surface area contributed by atoms with E-state index < -0.39 is 0 Å². The fraction of sp³-hybridized carbons (Fsp3) is 0.625. The summed E-state index contributed by atoms with van der Waals surface area (Å²) in [4.78, 5) is 0. The number of hydrogen-bond acceptors (Lipinski definition) is 1. The third-order valence-electron chi connectivity index (χ3n) is 3.17. The van der Waals surface area contributed by atoms with Crippen molar-refractivity contribution in [3.8, 4) is 0 Å². The van der Waals surface area contributed by atoms with E-state index in [2.05, 4.69) is 61.1 Å². The van der Waals surface area contributed by atoms with Crippen molar-refractivity contribution < 1.29 is 0 Å². The summed E-state index contributed by atoms with van der Waals surface area (Å²) in [6, 6.07) is 6.65. The van der Waals surface area contributed by atoms with Crippen molar-refractivity contribution in [1.29, 1.82) is 0 Å². The van der Waals surface area contributed by atoms with E-state index in [9.17, 15) is 0 Å². The molecule has 0 heterocycles. The summed E-state index contributed by atoms with van der Waals surface area (Å²) < 4.78 is 0.978. The minimum absolute atomic E-state index is 0.371. The second kappa shape index (κ2) is 7.66. The summed E-state index contributed by atoms with van der Waals surface area (Å²) in [6.07, 6.45) is 3.51. The molecule has 3 heteroatoms. The standard InChI is InChI=1S/C16H25BrClN/c1-5-10-19-15(8-9-16(2,3)4)12-6-7-14(18)13(17)11-12/h6-7,11,15,19H,5,8-10H2,1-4H3. The number of benzene rings is 1. The highest BCUT2D eigenvalue weighted by Gasteiger charge is 2.17. The van der Waals surface area contributed by atoms with Gasteiger partial charge in [0, 0.05) is 10.5 Å². The molecule has 1 atom stereocenters. The molecule has 1 rings (SSSR count). The van der Waals surface area contributed by atoms with Gasteiger partial charge in [0.1, 0.15) is 0 Å². The van der Waals surface area contributed by atoms with Gasteiger partial charge >= 0.3 is 0 Å². The normalized spacial score (nSPS) is 13.6. The molecule has 0 bridgehead atoms. The van der Waals surface area contributed by atoms with Crippen LogP contribution in [0.5, 0.6) is 0 Å². The zero-order chi connectivity index (χ0) is 14.5. The minimum atomic E-state index is 0.371. The van der Waals surface area contributed by atoms with E-state index in [0.717, 1.165) is 28.9 Å². The first-order chi connectivity index (χ1) is 8.83. The van der Waals surface area contributed by atoms with Crippen molar-refractivity contribution in [2.24, 2.45) is 5.41 Å². The zero-order valence-electron chi connectivity index (χ0n) is 12.4. The number of nitrogens with one attached hydrogen (secondary N) is 1. The van der Waals surface area contributed by atoms with Crippen LogP contribution in [0.1, 0.15) is 58.6 Å². The van der Waals surface area contributed by atoms with Gasteiger partial charge in [0.25, 0.3) is 0 Å². The molecule has 1 unspecified atom stereocenters. The van der Waals surface area contributed by atoms with Gasteiger partial charge in [0.2, 0.25) is 0 Å². The first kappa shape index (κ1) is 17.0. The van der Waals surface area contributed by atoms with E-state index in [-0.39, 0.29) is 0 Å². The van der Waals surface area contributed by atoms with Gasteiger partial charge in [-0.05, 0) is 64.8 Å². The molecule has 0 fully saturated rings. The second-order valence-corrected chi connectivity index (χ2v) is 7.54. The van der Waals surface area contributed by atoms with Gasteiger partial charge in [-0.15, -0.1) is 0 Å². The molecule has 1 nitrogen and oxygen atoms in total. The lowest BCUT2D eigenvalue weighted by Crippen LogP contribution is -2.23. The Hall–Kier alpha value is -0.0500. The topological polar surface area (TPSA) is 12.0 Å². The lowest BCUT2D eigenvalue weighted by atomic mass is 9.87. The molecule has 1 aromatic carbocycles. The highest BCUT2D eigenvalue weighted by molar-refractivity contribution is 9.10. The third kappa shape index (κ3) is 6.29. The largest absolute Gasteiger partial charge is 0.310 e. The average molecular weight is 347 g/mol. The Labute approximate surface area is 131 Å². The van der Waals surface area contributed by atoms with Crippen LogP contribution in [0.3, 0.4) is 0 Å². The van der Waals surface area contributed by atoms with E-state index >= 15 is 0 Å². The minimum Gasteiger partial charge on any atom is -0.310 e. The van der Waals surface area contributed by atoms with Crippen LogP contribution in [0, 0.1) is 5.41 Å². The molecular weight excluding hydrogens is 322 g/mol. The second-order valence-electron chi connectivity index (χ2n) is 6.28. The molecule has 0 aromatic heterocycles. The Kier molecular flexibility index (Phi) is 6.85. The number of hydrogen-bond donors (Lipinski definition) is 1. The molecular formula is C16H25BrClN. The molecule has 0 amide bonds. The Morgan fingerprint density at radius 1 is 1.32 bits per heavy atom. The highest BCUT2D eigenvalue weighted by atomic mass is 79.9. The third-order valence-corrected chi connectivity index (χ3v) is 4.38. The van der Waals surface area contributed by atoms with Gasteiger partial charge in [-0.25, -0.2) is 0 Å². The first-order valence-corrected chi connectivity index (χ1v) is 8.19. The summed E-state index contributed by atoms with van der Waals surface area (Å²) in [7, 11) is 0. The molecule has 1 aromatic rings. The van der Waals surface area contributed by atoms with Crippen LogP contribution in [0.25, 0.3) is 0 Å². The van der Waals surface area contributed by atoms with E-state index in [1.165, 1.54) is 12.0 Å². The summed E-state index contributed by atoms with van der Waals surface area (Å²) in [5.74, 6) is 0. The predicted molar refractivity (Wildman–Crippen MR) is 88.9 cm³/mol. The molecule has 0 aliphatic carbocycles. The van der Waals surface area contributed by atoms with E-state index in [1.54, 1.807) is 0 Å². The molecule has 0 saturated carbocycles.